The molecule has 88 valence electrons. The predicted octanol–water partition coefficient (Wildman–Crippen LogP) is 2.17. The zero-order chi connectivity index (χ0) is 11.8. The van der Waals surface area contributed by atoms with Gasteiger partial charge in [-0.1, -0.05) is 17.7 Å². The number of benzene rings is 1. The highest BCUT2D eigenvalue weighted by atomic mass is 35.5. The molecule has 1 aromatic rings. The average Bonchev–Trinajstić information content (AvgIpc) is 2.69. The highest BCUT2D eigenvalue weighted by Gasteiger charge is 2.19. The Morgan fingerprint density at radius 2 is 2.19 bits per heavy atom. The van der Waals surface area contributed by atoms with Crippen LogP contribution in [0.4, 0.5) is 0 Å². The Labute approximate surface area is 101 Å². The number of nitrogens with one attached hydrogen (secondary N) is 1. The molecule has 0 aromatic heterocycles. The van der Waals surface area contributed by atoms with E-state index in [0.29, 0.717) is 5.02 Å². The van der Waals surface area contributed by atoms with Gasteiger partial charge in [-0.2, -0.15) is 0 Å². The van der Waals surface area contributed by atoms with Crippen LogP contribution < -0.4 is 5.32 Å². The molecule has 0 amide bonds. The lowest BCUT2D eigenvalue weighted by Crippen LogP contribution is -2.13. The minimum atomic E-state index is -3.17. The Morgan fingerprint density at radius 1 is 1.44 bits per heavy atom. The van der Waals surface area contributed by atoms with Crippen molar-refractivity contribution in [3.8, 4) is 0 Å². The van der Waals surface area contributed by atoms with Gasteiger partial charge < -0.3 is 5.32 Å². The lowest BCUT2D eigenvalue weighted by atomic mass is 10.1. The SMILES string of the molecule is CS(=O)(=O)c1ccc(C2CCCN2)c(Cl)c1. The zero-order valence-corrected chi connectivity index (χ0v) is 10.6. The smallest absolute Gasteiger partial charge is 0.175 e. The summed E-state index contributed by atoms with van der Waals surface area (Å²) >= 11 is 6.11. The molecule has 1 heterocycles. The third-order valence-corrected chi connectivity index (χ3v) is 4.27. The fraction of sp³-hybridized carbons (Fsp3) is 0.455. The molecule has 1 unspecified atom stereocenters. The number of sulfone groups is 1. The fourth-order valence-corrected chi connectivity index (χ4v) is 3.00. The highest BCUT2D eigenvalue weighted by molar-refractivity contribution is 7.90. The van der Waals surface area contributed by atoms with Crippen LogP contribution in [0.2, 0.25) is 5.02 Å². The normalized spacial score (nSPS) is 21.2. The van der Waals surface area contributed by atoms with Crippen molar-refractivity contribution in [3.63, 3.8) is 0 Å². The van der Waals surface area contributed by atoms with Gasteiger partial charge in [0, 0.05) is 17.3 Å². The molecular weight excluding hydrogens is 246 g/mol. The van der Waals surface area contributed by atoms with E-state index in [2.05, 4.69) is 5.32 Å². The van der Waals surface area contributed by atoms with Gasteiger partial charge in [0.05, 0.1) is 4.90 Å². The van der Waals surface area contributed by atoms with Crippen LogP contribution in [0.5, 0.6) is 0 Å². The van der Waals surface area contributed by atoms with E-state index in [4.69, 9.17) is 11.6 Å². The summed E-state index contributed by atoms with van der Waals surface area (Å²) in [6, 6.07) is 5.23. The molecule has 1 aliphatic heterocycles. The van der Waals surface area contributed by atoms with Crippen LogP contribution in [0.3, 0.4) is 0 Å². The maximum absolute atomic E-state index is 11.3. The molecule has 2 rings (SSSR count). The summed E-state index contributed by atoms with van der Waals surface area (Å²) in [6.07, 6.45) is 3.37. The van der Waals surface area contributed by atoms with Crippen molar-refractivity contribution in [2.45, 2.75) is 23.8 Å². The second-order valence-corrected chi connectivity index (χ2v) is 6.53. The van der Waals surface area contributed by atoms with E-state index >= 15 is 0 Å². The molecule has 16 heavy (non-hydrogen) atoms. The van der Waals surface area contributed by atoms with E-state index in [1.165, 1.54) is 12.3 Å². The summed E-state index contributed by atoms with van der Waals surface area (Å²) in [5.74, 6) is 0. The third kappa shape index (κ3) is 2.39. The predicted molar refractivity (Wildman–Crippen MR) is 64.5 cm³/mol. The summed E-state index contributed by atoms with van der Waals surface area (Å²) in [4.78, 5) is 0.277. The molecule has 1 fully saturated rings. The molecule has 0 aliphatic carbocycles. The Bertz CT molecular complexity index is 493. The van der Waals surface area contributed by atoms with E-state index in [-0.39, 0.29) is 10.9 Å². The molecule has 3 nitrogen and oxygen atoms in total. The molecule has 1 saturated heterocycles. The number of halogens is 1. The van der Waals surface area contributed by atoms with Crippen LogP contribution in [-0.2, 0) is 9.84 Å². The molecule has 1 atom stereocenters. The summed E-state index contributed by atoms with van der Waals surface area (Å²) in [7, 11) is -3.17. The highest BCUT2D eigenvalue weighted by Crippen LogP contribution is 2.30. The Hall–Kier alpha value is -0.580. The minimum Gasteiger partial charge on any atom is -0.310 e. The topological polar surface area (TPSA) is 46.2 Å². The number of hydrogen-bond donors (Lipinski definition) is 1. The molecular formula is C11H14ClNO2S. The first-order chi connectivity index (χ1) is 7.48. The standard InChI is InChI=1S/C11H14ClNO2S/c1-16(14,15)8-4-5-9(10(12)7-8)11-3-2-6-13-11/h4-5,7,11,13H,2-3,6H2,1H3. The van der Waals surface area contributed by atoms with Crippen LogP contribution in [0, 0.1) is 0 Å². The van der Waals surface area contributed by atoms with Gasteiger partial charge in [0.1, 0.15) is 0 Å². The van der Waals surface area contributed by atoms with Crippen LogP contribution in [-0.4, -0.2) is 21.2 Å². The van der Waals surface area contributed by atoms with Crippen molar-refractivity contribution >= 4 is 21.4 Å². The summed E-state index contributed by atoms with van der Waals surface area (Å²) in [5.41, 5.74) is 0.992. The van der Waals surface area contributed by atoms with Crippen molar-refractivity contribution in [2.24, 2.45) is 0 Å². The maximum Gasteiger partial charge on any atom is 0.175 e. The first-order valence-corrected chi connectivity index (χ1v) is 7.48. The molecule has 0 spiro atoms. The zero-order valence-electron chi connectivity index (χ0n) is 9.03. The largest absolute Gasteiger partial charge is 0.310 e. The van der Waals surface area contributed by atoms with Crippen LogP contribution in [0.1, 0.15) is 24.4 Å². The van der Waals surface area contributed by atoms with Crippen LogP contribution in [0.15, 0.2) is 23.1 Å². The van der Waals surface area contributed by atoms with E-state index in [1.807, 2.05) is 6.07 Å². The Kier molecular flexibility index (Phi) is 3.24. The molecule has 1 N–H and O–H groups in total. The second kappa shape index (κ2) is 4.35. The molecule has 0 radical (unpaired) electrons. The second-order valence-electron chi connectivity index (χ2n) is 4.10. The van der Waals surface area contributed by atoms with E-state index < -0.39 is 9.84 Å². The molecule has 1 aromatic carbocycles. The van der Waals surface area contributed by atoms with Gasteiger partial charge in [0.25, 0.3) is 0 Å². The lowest BCUT2D eigenvalue weighted by molar-refractivity contribution is 0.601. The van der Waals surface area contributed by atoms with E-state index in [1.54, 1.807) is 6.07 Å². The van der Waals surface area contributed by atoms with Crippen molar-refractivity contribution in [3.05, 3.63) is 28.8 Å². The van der Waals surface area contributed by atoms with Gasteiger partial charge >= 0.3 is 0 Å². The monoisotopic (exact) mass is 259 g/mol. The van der Waals surface area contributed by atoms with Gasteiger partial charge in [0.15, 0.2) is 9.84 Å². The Morgan fingerprint density at radius 3 is 2.69 bits per heavy atom. The van der Waals surface area contributed by atoms with Crippen molar-refractivity contribution in [2.75, 3.05) is 12.8 Å². The lowest BCUT2D eigenvalue weighted by Gasteiger charge is -2.13. The quantitative estimate of drug-likeness (QED) is 0.886. The average molecular weight is 260 g/mol. The van der Waals surface area contributed by atoms with Crippen LogP contribution in [0.25, 0.3) is 0 Å². The van der Waals surface area contributed by atoms with Gasteiger partial charge in [-0.3, -0.25) is 0 Å². The van der Waals surface area contributed by atoms with Gasteiger partial charge in [-0.05, 0) is 37.1 Å². The van der Waals surface area contributed by atoms with Crippen molar-refractivity contribution in [1.82, 2.24) is 5.32 Å². The first kappa shape index (κ1) is 11.9. The minimum absolute atomic E-state index is 0.265. The third-order valence-electron chi connectivity index (χ3n) is 2.84. The fourth-order valence-electron chi connectivity index (χ4n) is 1.97. The van der Waals surface area contributed by atoms with Gasteiger partial charge in [0.2, 0.25) is 0 Å². The molecule has 1 aliphatic rings. The maximum atomic E-state index is 11.3. The van der Waals surface area contributed by atoms with Crippen molar-refractivity contribution < 1.29 is 8.42 Å². The Balaban J connectivity index is 2.37. The number of hydrogen-bond acceptors (Lipinski definition) is 3. The summed E-state index contributed by atoms with van der Waals surface area (Å²) in [6.45, 7) is 0.995. The molecule has 0 saturated carbocycles. The van der Waals surface area contributed by atoms with E-state index in [9.17, 15) is 8.42 Å². The number of rotatable bonds is 2. The van der Waals surface area contributed by atoms with Gasteiger partial charge in [-0.15, -0.1) is 0 Å². The molecule has 0 bridgehead atoms. The summed E-state index contributed by atoms with van der Waals surface area (Å²) in [5, 5.41) is 3.87. The summed E-state index contributed by atoms with van der Waals surface area (Å²) < 4.78 is 22.7. The van der Waals surface area contributed by atoms with Gasteiger partial charge in [-0.25, -0.2) is 8.42 Å². The first-order valence-electron chi connectivity index (χ1n) is 5.21. The van der Waals surface area contributed by atoms with Crippen molar-refractivity contribution in [1.29, 1.82) is 0 Å². The van der Waals surface area contributed by atoms with E-state index in [0.717, 1.165) is 24.9 Å². The molecule has 5 heteroatoms. The van der Waals surface area contributed by atoms with Crippen LogP contribution >= 0.6 is 11.6 Å².